The average Bonchev–Trinajstić information content (AvgIpc) is 2.55. The van der Waals surface area contributed by atoms with Crippen molar-refractivity contribution in [2.24, 2.45) is 5.41 Å². The maximum absolute atomic E-state index is 11.3. The monoisotopic (exact) mass is 232 g/mol. The van der Waals surface area contributed by atoms with E-state index in [1.165, 1.54) is 0 Å². The summed E-state index contributed by atoms with van der Waals surface area (Å²) in [5.41, 5.74) is 0.0347. The Hall–Kier alpha value is -1.51. The lowest BCUT2D eigenvalue weighted by Gasteiger charge is -2.33. The minimum Gasteiger partial charge on any atom is -0.489 e. The Morgan fingerprint density at radius 1 is 0.941 bits per heavy atom. The molecule has 0 aromatic heterocycles. The van der Waals surface area contributed by atoms with E-state index in [-0.39, 0.29) is 5.41 Å². The average molecular weight is 232 g/mol. The third-order valence-corrected chi connectivity index (χ3v) is 3.79. The van der Waals surface area contributed by atoms with Gasteiger partial charge in [0.15, 0.2) is 11.5 Å². The van der Waals surface area contributed by atoms with E-state index in [1.54, 1.807) is 0 Å². The Morgan fingerprint density at radius 2 is 1.47 bits per heavy atom. The van der Waals surface area contributed by atoms with Crippen LogP contribution in [-0.2, 0) is 4.79 Å². The molecule has 1 aliphatic carbocycles. The SMILES string of the molecule is O=C1CCC2(CC1)COc1ccccc1OC2. The number of ether oxygens (including phenoxy) is 2. The zero-order valence-corrected chi connectivity index (χ0v) is 9.78. The Bertz CT molecular complexity index is 400. The number of carbonyl (C=O) groups is 1. The summed E-state index contributed by atoms with van der Waals surface area (Å²) < 4.78 is 11.7. The molecule has 3 rings (SSSR count). The van der Waals surface area contributed by atoms with Crippen molar-refractivity contribution < 1.29 is 14.3 Å². The van der Waals surface area contributed by atoms with E-state index in [2.05, 4.69) is 0 Å². The first-order valence-electron chi connectivity index (χ1n) is 6.14. The van der Waals surface area contributed by atoms with Crippen molar-refractivity contribution in [2.45, 2.75) is 25.7 Å². The molecule has 1 aromatic rings. The van der Waals surface area contributed by atoms with Crippen LogP contribution in [0.4, 0.5) is 0 Å². The lowest BCUT2D eigenvalue weighted by molar-refractivity contribution is -0.123. The van der Waals surface area contributed by atoms with Crippen LogP contribution in [0.25, 0.3) is 0 Å². The predicted octanol–water partition coefficient (Wildman–Crippen LogP) is 2.59. The fraction of sp³-hybridized carbons (Fsp3) is 0.500. The molecule has 0 atom stereocenters. The van der Waals surface area contributed by atoms with Gasteiger partial charge >= 0.3 is 0 Å². The summed E-state index contributed by atoms with van der Waals surface area (Å²) in [5.74, 6) is 2.01. The van der Waals surface area contributed by atoms with Gasteiger partial charge in [0.1, 0.15) is 5.78 Å². The summed E-state index contributed by atoms with van der Waals surface area (Å²) in [5, 5.41) is 0. The molecule has 1 fully saturated rings. The Morgan fingerprint density at radius 3 is 2.00 bits per heavy atom. The fourth-order valence-electron chi connectivity index (χ4n) is 2.54. The van der Waals surface area contributed by atoms with Crippen LogP contribution in [0, 0.1) is 5.41 Å². The minimum absolute atomic E-state index is 0.0347. The smallest absolute Gasteiger partial charge is 0.161 e. The lowest BCUT2D eigenvalue weighted by atomic mass is 9.75. The topological polar surface area (TPSA) is 35.5 Å². The molecule has 1 saturated carbocycles. The van der Waals surface area contributed by atoms with Gasteiger partial charge in [-0.3, -0.25) is 4.79 Å². The summed E-state index contributed by atoms with van der Waals surface area (Å²) in [4.78, 5) is 11.3. The largest absolute Gasteiger partial charge is 0.489 e. The molecule has 2 aliphatic rings. The number of Topliss-reactive ketones (excluding diaryl/α,β-unsaturated/α-hetero) is 1. The van der Waals surface area contributed by atoms with Gasteiger partial charge in [-0.1, -0.05) is 12.1 Å². The Labute approximate surface area is 101 Å². The minimum atomic E-state index is 0.0347. The van der Waals surface area contributed by atoms with Gasteiger partial charge in [-0.25, -0.2) is 0 Å². The lowest BCUT2D eigenvalue weighted by Crippen LogP contribution is -2.37. The molecule has 1 spiro atoms. The number of ketones is 1. The van der Waals surface area contributed by atoms with Crippen LogP contribution in [0.5, 0.6) is 11.5 Å². The summed E-state index contributed by atoms with van der Waals surface area (Å²) >= 11 is 0. The molecule has 17 heavy (non-hydrogen) atoms. The molecule has 1 aliphatic heterocycles. The molecule has 0 unspecified atom stereocenters. The van der Waals surface area contributed by atoms with E-state index in [1.807, 2.05) is 24.3 Å². The zero-order valence-electron chi connectivity index (χ0n) is 9.78. The van der Waals surface area contributed by atoms with Crippen LogP contribution < -0.4 is 9.47 Å². The van der Waals surface area contributed by atoms with Gasteiger partial charge in [0.25, 0.3) is 0 Å². The van der Waals surface area contributed by atoms with E-state index < -0.39 is 0 Å². The molecule has 1 aromatic carbocycles. The van der Waals surface area contributed by atoms with Crippen LogP contribution in [0.15, 0.2) is 24.3 Å². The van der Waals surface area contributed by atoms with Gasteiger partial charge < -0.3 is 9.47 Å². The molecular weight excluding hydrogens is 216 g/mol. The van der Waals surface area contributed by atoms with Crippen molar-refractivity contribution in [3.8, 4) is 11.5 Å². The van der Waals surface area contributed by atoms with Gasteiger partial charge in [0.05, 0.1) is 13.2 Å². The molecule has 90 valence electrons. The van der Waals surface area contributed by atoms with E-state index in [9.17, 15) is 4.79 Å². The highest BCUT2D eigenvalue weighted by molar-refractivity contribution is 5.79. The van der Waals surface area contributed by atoms with E-state index in [4.69, 9.17) is 9.47 Å². The van der Waals surface area contributed by atoms with Crippen LogP contribution in [0.2, 0.25) is 0 Å². The van der Waals surface area contributed by atoms with Crippen molar-refractivity contribution in [3.63, 3.8) is 0 Å². The first-order chi connectivity index (χ1) is 8.27. The summed E-state index contributed by atoms with van der Waals surface area (Å²) in [7, 11) is 0. The van der Waals surface area contributed by atoms with E-state index >= 15 is 0 Å². The van der Waals surface area contributed by atoms with Crippen molar-refractivity contribution >= 4 is 5.78 Å². The summed E-state index contributed by atoms with van der Waals surface area (Å²) in [6.45, 7) is 1.33. The number of hydrogen-bond acceptors (Lipinski definition) is 3. The van der Waals surface area contributed by atoms with Gasteiger partial charge in [0, 0.05) is 18.3 Å². The second-order valence-corrected chi connectivity index (χ2v) is 5.06. The normalized spacial score (nSPS) is 22.2. The number of carbonyl (C=O) groups excluding carboxylic acids is 1. The Kier molecular flexibility index (Phi) is 2.54. The number of fused-ring (bicyclic) bond motifs is 1. The standard InChI is InChI=1S/C14H16O3/c15-11-5-7-14(8-6-11)9-16-12-3-1-2-4-13(12)17-10-14/h1-4H,5-10H2. The maximum Gasteiger partial charge on any atom is 0.161 e. The second kappa shape index (κ2) is 4.06. The van der Waals surface area contributed by atoms with Crippen LogP contribution in [-0.4, -0.2) is 19.0 Å². The zero-order chi connectivity index (χ0) is 11.7. The van der Waals surface area contributed by atoms with E-state index in [0.29, 0.717) is 31.8 Å². The molecular formula is C14H16O3. The quantitative estimate of drug-likeness (QED) is 0.689. The van der Waals surface area contributed by atoms with Gasteiger partial charge in [-0.2, -0.15) is 0 Å². The molecule has 3 nitrogen and oxygen atoms in total. The highest BCUT2D eigenvalue weighted by Crippen LogP contribution is 2.40. The van der Waals surface area contributed by atoms with E-state index in [0.717, 1.165) is 24.3 Å². The van der Waals surface area contributed by atoms with Crippen molar-refractivity contribution in [2.75, 3.05) is 13.2 Å². The van der Waals surface area contributed by atoms with Gasteiger partial charge in [-0.05, 0) is 25.0 Å². The molecule has 0 radical (unpaired) electrons. The summed E-state index contributed by atoms with van der Waals surface area (Å²) in [6, 6.07) is 7.76. The summed E-state index contributed by atoms with van der Waals surface area (Å²) in [6.07, 6.45) is 3.12. The third-order valence-electron chi connectivity index (χ3n) is 3.79. The fourth-order valence-corrected chi connectivity index (χ4v) is 2.54. The first kappa shape index (κ1) is 10.6. The van der Waals surface area contributed by atoms with Gasteiger partial charge in [-0.15, -0.1) is 0 Å². The predicted molar refractivity (Wildman–Crippen MR) is 63.3 cm³/mol. The third kappa shape index (κ3) is 2.02. The molecule has 0 bridgehead atoms. The van der Waals surface area contributed by atoms with Crippen molar-refractivity contribution in [1.82, 2.24) is 0 Å². The van der Waals surface area contributed by atoms with Crippen LogP contribution in [0.3, 0.4) is 0 Å². The number of para-hydroxylation sites is 2. The van der Waals surface area contributed by atoms with Crippen molar-refractivity contribution in [3.05, 3.63) is 24.3 Å². The van der Waals surface area contributed by atoms with Crippen molar-refractivity contribution in [1.29, 1.82) is 0 Å². The highest BCUT2D eigenvalue weighted by atomic mass is 16.5. The molecule has 3 heteroatoms. The molecule has 0 N–H and O–H groups in total. The maximum atomic E-state index is 11.3. The molecule has 0 saturated heterocycles. The number of rotatable bonds is 0. The molecule has 1 heterocycles. The van der Waals surface area contributed by atoms with Crippen LogP contribution in [0.1, 0.15) is 25.7 Å². The highest BCUT2D eigenvalue weighted by Gasteiger charge is 2.38. The number of benzene rings is 1. The Balaban J connectivity index is 1.79. The molecule has 0 amide bonds. The van der Waals surface area contributed by atoms with Gasteiger partial charge in [0.2, 0.25) is 0 Å². The second-order valence-electron chi connectivity index (χ2n) is 5.06. The van der Waals surface area contributed by atoms with Crippen LogP contribution >= 0.6 is 0 Å². The number of hydrogen-bond donors (Lipinski definition) is 0. The first-order valence-corrected chi connectivity index (χ1v) is 6.14.